The van der Waals surface area contributed by atoms with Crippen molar-refractivity contribution in [3.63, 3.8) is 0 Å². The molecule has 2 aromatic heterocycles. The molecule has 88 valence electrons. The zero-order valence-corrected chi connectivity index (χ0v) is 11.1. The molecule has 8 heteroatoms. The van der Waals surface area contributed by atoms with Gasteiger partial charge < -0.3 is 5.11 Å². The van der Waals surface area contributed by atoms with Gasteiger partial charge in [0.25, 0.3) is 0 Å². The molecule has 2 rings (SSSR count). The second-order valence-electron chi connectivity index (χ2n) is 2.83. The maximum Gasteiger partial charge on any atom is 0.335 e. The lowest BCUT2D eigenvalue weighted by molar-refractivity contribution is 0.0696. The van der Waals surface area contributed by atoms with E-state index in [0.717, 1.165) is 8.68 Å². The van der Waals surface area contributed by atoms with Crippen molar-refractivity contribution < 1.29 is 9.90 Å². The summed E-state index contributed by atoms with van der Waals surface area (Å²) >= 11 is 4.30. The first-order chi connectivity index (χ1) is 8.19. The Bertz CT molecular complexity index is 544. The van der Waals surface area contributed by atoms with E-state index in [9.17, 15) is 4.79 Å². The predicted molar refractivity (Wildman–Crippen MR) is 67.0 cm³/mol. The summed E-state index contributed by atoms with van der Waals surface area (Å²) in [6, 6.07) is 2.98. The normalized spacial score (nSPS) is 10.4. The third kappa shape index (κ3) is 3.18. The topological polar surface area (TPSA) is 76.0 Å². The molecular weight excluding hydrogens is 278 g/mol. The second-order valence-corrected chi connectivity index (χ2v) is 6.13. The van der Waals surface area contributed by atoms with Crippen molar-refractivity contribution in [1.29, 1.82) is 0 Å². The summed E-state index contributed by atoms with van der Waals surface area (Å²) in [4.78, 5) is 14.9. The highest BCUT2D eigenvalue weighted by molar-refractivity contribution is 8.02. The molecule has 0 unspecified atom stereocenters. The molecule has 0 aliphatic carbocycles. The lowest BCUT2D eigenvalue weighted by Crippen LogP contribution is -1.96. The van der Waals surface area contributed by atoms with E-state index in [1.807, 2.05) is 6.26 Å². The van der Waals surface area contributed by atoms with Gasteiger partial charge in [0.05, 0.1) is 5.56 Å². The van der Waals surface area contributed by atoms with E-state index in [2.05, 4.69) is 15.2 Å². The van der Waals surface area contributed by atoms with E-state index >= 15 is 0 Å². The number of rotatable bonds is 4. The fraction of sp³-hybridized carbons (Fsp3) is 0.111. The summed E-state index contributed by atoms with van der Waals surface area (Å²) < 4.78 is 1.63. The molecule has 5 nitrogen and oxygen atoms in total. The van der Waals surface area contributed by atoms with Crippen molar-refractivity contribution in [3.05, 3.63) is 23.9 Å². The Morgan fingerprint density at radius 1 is 1.41 bits per heavy atom. The second kappa shape index (κ2) is 5.48. The van der Waals surface area contributed by atoms with Crippen LogP contribution in [-0.4, -0.2) is 32.5 Å². The highest BCUT2D eigenvalue weighted by Crippen LogP contribution is 2.31. The number of hydrogen-bond acceptors (Lipinski definition) is 7. The van der Waals surface area contributed by atoms with Gasteiger partial charge >= 0.3 is 5.97 Å². The van der Waals surface area contributed by atoms with Crippen LogP contribution in [0.5, 0.6) is 0 Å². The molecule has 17 heavy (non-hydrogen) atoms. The van der Waals surface area contributed by atoms with Crippen LogP contribution in [0.2, 0.25) is 0 Å². The van der Waals surface area contributed by atoms with Crippen molar-refractivity contribution in [2.75, 3.05) is 6.26 Å². The SMILES string of the molecule is CSc1nnc(Sc2cc(C(=O)O)ccn2)s1. The molecule has 0 aliphatic heterocycles. The molecule has 0 radical (unpaired) electrons. The fourth-order valence-electron chi connectivity index (χ4n) is 1.01. The van der Waals surface area contributed by atoms with Crippen LogP contribution < -0.4 is 0 Å². The minimum Gasteiger partial charge on any atom is -0.478 e. The lowest BCUT2D eigenvalue weighted by Gasteiger charge is -1.97. The molecule has 1 N–H and O–H groups in total. The smallest absolute Gasteiger partial charge is 0.335 e. The highest BCUT2D eigenvalue weighted by Gasteiger charge is 2.09. The van der Waals surface area contributed by atoms with Crippen LogP contribution in [0.4, 0.5) is 0 Å². The first-order valence-corrected chi connectivity index (χ1v) is 7.29. The Kier molecular flexibility index (Phi) is 3.97. The molecule has 2 aromatic rings. The summed E-state index contributed by atoms with van der Waals surface area (Å²) in [5.41, 5.74) is 0.220. The lowest BCUT2D eigenvalue weighted by atomic mass is 10.3. The average Bonchev–Trinajstić information content (AvgIpc) is 2.77. The molecule has 0 fully saturated rings. The summed E-state index contributed by atoms with van der Waals surface area (Å²) in [6.07, 6.45) is 3.40. The Hall–Kier alpha value is -1.12. The quantitative estimate of drug-likeness (QED) is 0.865. The first-order valence-electron chi connectivity index (χ1n) is 4.43. The van der Waals surface area contributed by atoms with E-state index in [-0.39, 0.29) is 5.56 Å². The van der Waals surface area contributed by atoms with Crippen LogP contribution in [0.25, 0.3) is 0 Å². The Morgan fingerprint density at radius 3 is 2.82 bits per heavy atom. The number of carboxylic acid groups (broad SMARTS) is 1. The number of pyridine rings is 1. The van der Waals surface area contributed by atoms with Gasteiger partial charge in [0, 0.05) is 6.20 Å². The zero-order valence-electron chi connectivity index (χ0n) is 8.65. The molecule has 0 saturated heterocycles. The molecule has 0 saturated carbocycles. The van der Waals surface area contributed by atoms with E-state index in [1.165, 1.54) is 53.2 Å². The van der Waals surface area contributed by atoms with Crippen LogP contribution in [0.15, 0.2) is 32.0 Å². The number of hydrogen-bond donors (Lipinski definition) is 1. The van der Waals surface area contributed by atoms with Crippen molar-refractivity contribution in [2.24, 2.45) is 0 Å². The molecule has 2 heterocycles. The molecule has 0 amide bonds. The average molecular weight is 285 g/mol. The Labute approximate surface area is 110 Å². The third-order valence-corrected chi connectivity index (χ3v) is 4.62. The summed E-state index contributed by atoms with van der Waals surface area (Å²) in [6.45, 7) is 0. The largest absolute Gasteiger partial charge is 0.478 e. The van der Waals surface area contributed by atoms with Crippen molar-refractivity contribution in [2.45, 2.75) is 13.7 Å². The number of aromatic carboxylic acids is 1. The van der Waals surface area contributed by atoms with E-state index in [4.69, 9.17) is 5.11 Å². The number of carbonyl (C=O) groups is 1. The molecule has 0 aliphatic rings. The maximum absolute atomic E-state index is 10.8. The Balaban J connectivity index is 2.18. The standard InChI is InChI=1S/C9H7N3O2S3/c1-15-8-11-12-9(17-8)16-6-4-5(7(13)14)2-3-10-6/h2-4H,1H3,(H,13,14). The van der Waals surface area contributed by atoms with Gasteiger partial charge in [-0.3, -0.25) is 0 Å². The van der Waals surface area contributed by atoms with Crippen LogP contribution in [0, 0.1) is 0 Å². The van der Waals surface area contributed by atoms with Crippen LogP contribution in [-0.2, 0) is 0 Å². The van der Waals surface area contributed by atoms with Gasteiger partial charge in [-0.2, -0.15) is 0 Å². The Morgan fingerprint density at radius 2 is 2.18 bits per heavy atom. The first kappa shape index (κ1) is 12.3. The fourth-order valence-corrected chi connectivity index (χ4v) is 3.39. The van der Waals surface area contributed by atoms with Crippen molar-refractivity contribution in [1.82, 2.24) is 15.2 Å². The monoisotopic (exact) mass is 285 g/mol. The molecule has 0 aromatic carbocycles. The van der Waals surface area contributed by atoms with Gasteiger partial charge in [-0.25, -0.2) is 9.78 Å². The van der Waals surface area contributed by atoms with Gasteiger partial charge in [-0.15, -0.1) is 10.2 Å². The van der Waals surface area contributed by atoms with Gasteiger partial charge in [-0.1, -0.05) is 23.1 Å². The minimum atomic E-state index is -0.962. The molecule has 0 bridgehead atoms. The van der Waals surface area contributed by atoms with E-state index < -0.39 is 5.97 Å². The zero-order chi connectivity index (χ0) is 12.3. The number of nitrogens with zero attached hydrogens (tertiary/aromatic N) is 3. The molecule has 0 spiro atoms. The summed E-state index contributed by atoms with van der Waals surface area (Å²) in [5, 5.41) is 17.4. The van der Waals surface area contributed by atoms with Gasteiger partial charge in [-0.05, 0) is 30.2 Å². The minimum absolute atomic E-state index is 0.220. The van der Waals surface area contributed by atoms with E-state index in [0.29, 0.717) is 5.03 Å². The van der Waals surface area contributed by atoms with Crippen LogP contribution >= 0.6 is 34.9 Å². The number of aromatic nitrogens is 3. The van der Waals surface area contributed by atoms with Crippen LogP contribution in [0.1, 0.15) is 10.4 Å². The van der Waals surface area contributed by atoms with Crippen molar-refractivity contribution in [3.8, 4) is 0 Å². The number of thioether (sulfide) groups is 1. The van der Waals surface area contributed by atoms with Gasteiger partial charge in [0.2, 0.25) is 0 Å². The molecule has 0 atom stereocenters. The third-order valence-electron chi connectivity index (χ3n) is 1.74. The van der Waals surface area contributed by atoms with Crippen molar-refractivity contribution >= 4 is 40.8 Å². The number of carboxylic acids is 1. The van der Waals surface area contributed by atoms with Gasteiger partial charge in [0.1, 0.15) is 5.03 Å². The van der Waals surface area contributed by atoms with Crippen LogP contribution in [0.3, 0.4) is 0 Å². The van der Waals surface area contributed by atoms with E-state index in [1.54, 1.807) is 0 Å². The predicted octanol–water partition coefficient (Wildman–Crippen LogP) is 2.50. The maximum atomic E-state index is 10.8. The summed E-state index contributed by atoms with van der Waals surface area (Å²) in [5.74, 6) is -0.962. The van der Waals surface area contributed by atoms with Gasteiger partial charge in [0.15, 0.2) is 8.68 Å². The molecular formula is C9H7N3O2S3. The highest BCUT2D eigenvalue weighted by atomic mass is 32.2. The summed E-state index contributed by atoms with van der Waals surface area (Å²) in [7, 11) is 0.